The number of carboxylic acid groups (broad SMARTS) is 1. The molecule has 0 aliphatic heterocycles. The first-order chi connectivity index (χ1) is 10.8. The van der Waals surface area contributed by atoms with Gasteiger partial charge in [0.25, 0.3) is 0 Å². The molecule has 7 heteroatoms. The molecule has 126 valence electrons. The highest BCUT2D eigenvalue weighted by atomic mass is 32.3. The van der Waals surface area contributed by atoms with Crippen LogP contribution in [0.4, 0.5) is 0 Å². The van der Waals surface area contributed by atoms with E-state index in [0.29, 0.717) is 17.5 Å². The Labute approximate surface area is 136 Å². The quantitative estimate of drug-likeness (QED) is 0.777. The summed E-state index contributed by atoms with van der Waals surface area (Å²) in [6.07, 6.45) is 6.26. The van der Waals surface area contributed by atoms with E-state index in [1.54, 1.807) is 22.9 Å². The van der Waals surface area contributed by atoms with Crippen LogP contribution in [0.3, 0.4) is 0 Å². The molecule has 1 N–H and O–H groups in total. The normalized spacial score (nSPS) is 12.5. The van der Waals surface area contributed by atoms with Crippen LogP contribution in [0.25, 0.3) is 10.9 Å². The third kappa shape index (κ3) is 4.80. The molecule has 0 aliphatic carbocycles. The Morgan fingerprint density at radius 1 is 1.30 bits per heavy atom. The van der Waals surface area contributed by atoms with Gasteiger partial charge in [-0.05, 0) is 30.9 Å². The Balaban J connectivity index is 2.29. The molecule has 0 radical (unpaired) electrons. The lowest BCUT2D eigenvalue weighted by molar-refractivity contribution is -0.136. The number of benzene rings is 1. The molecule has 0 spiro atoms. The van der Waals surface area contributed by atoms with Crippen molar-refractivity contribution in [1.29, 1.82) is 0 Å². The molecule has 2 rings (SSSR count). The minimum atomic E-state index is -1.08. The SMILES string of the molecule is CS(C)(C)CCOCn1nc(CC(=O)O)c(=O)c2ccccc21. The van der Waals surface area contributed by atoms with Gasteiger partial charge in [-0.15, -0.1) is 0 Å². The fourth-order valence-corrected chi connectivity index (χ4v) is 2.73. The smallest absolute Gasteiger partial charge is 0.309 e. The molecule has 0 bridgehead atoms. The maximum Gasteiger partial charge on any atom is 0.309 e. The molecule has 0 saturated carbocycles. The van der Waals surface area contributed by atoms with Crippen molar-refractivity contribution in [3.63, 3.8) is 0 Å². The number of aromatic nitrogens is 2. The lowest BCUT2D eigenvalue weighted by Crippen LogP contribution is -2.23. The maximum absolute atomic E-state index is 12.3. The van der Waals surface area contributed by atoms with Crippen LogP contribution in [0.2, 0.25) is 0 Å². The monoisotopic (exact) mass is 338 g/mol. The van der Waals surface area contributed by atoms with Crippen LogP contribution in [0, 0.1) is 0 Å². The number of hydrogen-bond acceptors (Lipinski definition) is 4. The van der Waals surface area contributed by atoms with Crippen molar-refractivity contribution in [2.75, 3.05) is 31.1 Å². The first-order valence-electron chi connectivity index (χ1n) is 7.22. The van der Waals surface area contributed by atoms with E-state index in [1.807, 2.05) is 6.07 Å². The van der Waals surface area contributed by atoms with Crippen molar-refractivity contribution >= 4 is 26.9 Å². The van der Waals surface area contributed by atoms with Gasteiger partial charge in [-0.25, -0.2) is 14.7 Å². The van der Waals surface area contributed by atoms with Crippen LogP contribution in [0.15, 0.2) is 29.1 Å². The zero-order valence-corrected chi connectivity index (χ0v) is 14.4. The van der Waals surface area contributed by atoms with E-state index in [9.17, 15) is 9.59 Å². The van der Waals surface area contributed by atoms with Gasteiger partial charge in [0, 0.05) is 11.1 Å². The fourth-order valence-electron chi connectivity index (χ4n) is 2.11. The van der Waals surface area contributed by atoms with Crippen LogP contribution in [-0.2, 0) is 22.7 Å². The predicted octanol–water partition coefficient (Wildman–Crippen LogP) is 1.69. The van der Waals surface area contributed by atoms with E-state index < -0.39 is 22.4 Å². The van der Waals surface area contributed by atoms with Crippen molar-refractivity contribution < 1.29 is 14.6 Å². The van der Waals surface area contributed by atoms with E-state index in [0.717, 1.165) is 5.75 Å². The number of carboxylic acids is 1. The van der Waals surface area contributed by atoms with E-state index in [-0.39, 0.29) is 17.9 Å². The molecular weight excluding hydrogens is 316 g/mol. The van der Waals surface area contributed by atoms with E-state index >= 15 is 0 Å². The summed E-state index contributed by atoms with van der Waals surface area (Å²) in [4.78, 5) is 23.2. The molecule has 0 fully saturated rings. The predicted molar refractivity (Wildman–Crippen MR) is 93.5 cm³/mol. The molecule has 1 aromatic carbocycles. The average molecular weight is 338 g/mol. The van der Waals surface area contributed by atoms with Crippen molar-refractivity contribution in [3.8, 4) is 0 Å². The highest BCUT2D eigenvalue weighted by molar-refractivity contribution is 8.32. The van der Waals surface area contributed by atoms with Gasteiger partial charge in [0.05, 0.1) is 18.5 Å². The largest absolute Gasteiger partial charge is 0.481 e. The molecule has 0 aliphatic rings. The molecule has 1 aromatic heterocycles. The van der Waals surface area contributed by atoms with Gasteiger partial charge in [-0.3, -0.25) is 9.59 Å². The Bertz CT molecular complexity index is 765. The summed E-state index contributed by atoms with van der Waals surface area (Å²) in [5, 5.41) is 13.6. The molecule has 2 aromatic rings. The van der Waals surface area contributed by atoms with Crippen LogP contribution in [0.1, 0.15) is 5.69 Å². The summed E-state index contributed by atoms with van der Waals surface area (Å²) in [7, 11) is -0.634. The Morgan fingerprint density at radius 2 is 2.00 bits per heavy atom. The maximum atomic E-state index is 12.3. The molecular formula is C16H22N2O4S. The molecule has 1 heterocycles. The summed E-state index contributed by atoms with van der Waals surface area (Å²) in [6, 6.07) is 7.03. The minimum absolute atomic E-state index is 0.0289. The molecule has 0 amide bonds. The van der Waals surface area contributed by atoms with Crippen molar-refractivity contribution in [3.05, 3.63) is 40.2 Å². The fraction of sp³-hybridized carbons (Fsp3) is 0.438. The average Bonchev–Trinajstić information content (AvgIpc) is 2.46. The van der Waals surface area contributed by atoms with Crippen molar-refractivity contribution in [2.24, 2.45) is 0 Å². The number of aliphatic carboxylic acids is 1. The van der Waals surface area contributed by atoms with Crippen molar-refractivity contribution in [1.82, 2.24) is 9.78 Å². The Kier molecular flexibility index (Phi) is 5.43. The molecule has 0 unspecified atom stereocenters. The van der Waals surface area contributed by atoms with Gasteiger partial charge in [0.1, 0.15) is 12.4 Å². The van der Waals surface area contributed by atoms with E-state index in [1.165, 1.54) is 0 Å². The van der Waals surface area contributed by atoms with Crippen LogP contribution in [-0.4, -0.2) is 52.0 Å². The number of nitrogens with zero attached hydrogens (tertiary/aromatic N) is 2. The number of carbonyl (C=O) groups is 1. The highest BCUT2D eigenvalue weighted by Crippen LogP contribution is 2.33. The molecule has 6 nitrogen and oxygen atoms in total. The lowest BCUT2D eigenvalue weighted by atomic mass is 10.2. The van der Waals surface area contributed by atoms with Gasteiger partial charge in [-0.1, -0.05) is 12.1 Å². The van der Waals surface area contributed by atoms with Crippen LogP contribution in [0.5, 0.6) is 0 Å². The number of fused-ring (bicyclic) bond motifs is 1. The van der Waals surface area contributed by atoms with Gasteiger partial charge < -0.3 is 9.84 Å². The van der Waals surface area contributed by atoms with Crippen LogP contribution < -0.4 is 5.43 Å². The first-order valence-corrected chi connectivity index (χ1v) is 10.2. The topological polar surface area (TPSA) is 81.4 Å². The zero-order chi connectivity index (χ0) is 17.0. The van der Waals surface area contributed by atoms with Crippen LogP contribution >= 0.6 is 10.0 Å². The van der Waals surface area contributed by atoms with Gasteiger partial charge in [-0.2, -0.15) is 5.10 Å². The number of hydrogen-bond donors (Lipinski definition) is 1. The highest BCUT2D eigenvalue weighted by Gasteiger charge is 2.13. The van der Waals surface area contributed by atoms with Crippen molar-refractivity contribution in [2.45, 2.75) is 13.2 Å². The lowest BCUT2D eigenvalue weighted by Gasteiger charge is -2.24. The number of rotatable bonds is 7. The minimum Gasteiger partial charge on any atom is -0.481 e. The zero-order valence-electron chi connectivity index (χ0n) is 13.6. The van der Waals surface area contributed by atoms with E-state index in [2.05, 4.69) is 23.9 Å². The third-order valence-electron chi connectivity index (χ3n) is 3.30. The first kappa shape index (κ1) is 17.5. The van der Waals surface area contributed by atoms with Gasteiger partial charge >= 0.3 is 5.97 Å². The summed E-state index contributed by atoms with van der Waals surface area (Å²) < 4.78 is 7.24. The second-order valence-corrected chi connectivity index (χ2v) is 10.8. The summed E-state index contributed by atoms with van der Waals surface area (Å²) >= 11 is 0. The number of ether oxygens (including phenoxy) is 1. The molecule has 0 atom stereocenters. The second kappa shape index (κ2) is 7.14. The second-order valence-electron chi connectivity index (χ2n) is 6.20. The summed E-state index contributed by atoms with van der Waals surface area (Å²) in [6.45, 7) is 0.804. The molecule has 0 saturated heterocycles. The van der Waals surface area contributed by atoms with Gasteiger partial charge in [0.2, 0.25) is 5.43 Å². The Hall–Kier alpha value is -1.86. The summed E-state index contributed by atoms with van der Waals surface area (Å²) in [5.41, 5.74) is 0.342. The van der Waals surface area contributed by atoms with E-state index in [4.69, 9.17) is 9.84 Å². The van der Waals surface area contributed by atoms with Gasteiger partial charge in [0.15, 0.2) is 0 Å². The standard InChI is InChI=1S/C16H22N2O4S/c1-23(2,3)9-8-22-11-18-14-7-5-4-6-12(14)16(21)13(17-18)10-15(19)20/h4-7H,8-11H2,1-3H3,(H,19,20). The Morgan fingerprint density at radius 3 is 2.65 bits per heavy atom. The third-order valence-corrected chi connectivity index (χ3v) is 4.69. The number of para-hydroxylation sites is 1. The summed E-state index contributed by atoms with van der Waals surface area (Å²) in [5.74, 6) is -0.0960. The molecule has 23 heavy (non-hydrogen) atoms.